The van der Waals surface area contributed by atoms with Crippen molar-refractivity contribution in [3.8, 4) is 0 Å². The summed E-state index contributed by atoms with van der Waals surface area (Å²) in [6, 6.07) is 4.70. The Hall–Kier alpha value is -2.97. The van der Waals surface area contributed by atoms with Crippen molar-refractivity contribution >= 4 is 17.3 Å². The van der Waals surface area contributed by atoms with Gasteiger partial charge in [0.15, 0.2) is 5.82 Å². The predicted octanol–water partition coefficient (Wildman–Crippen LogP) is 3.09. The van der Waals surface area contributed by atoms with Crippen LogP contribution in [-0.4, -0.2) is 34.1 Å². The molecule has 1 saturated carbocycles. The lowest BCUT2D eigenvalue weighted by Gasteiger charge is -2.27. The van der Waals surface area contributed by atoms with Crippen LogP contribution in [0.5, 0.6) is 0 Å². The molecule has 4 rings (SSSR count). The molecule has 1 N–H and O–H groups in total. The summed E-state index contributed by atoms with van der Waals surface area (Å²) in [5.41, 5.74) is 0.118. The summed E-state index contributed by atoms with van der Waals surface area (Å²) in [6.07, 6.45) is 5.36. The Bertz CT molecular complexity index is 897. The van der Waals surface area contributed by atoms with Crippen LogP contribution in [0.3, 0.4) is 0 Å². The number of carbonyl (C=O) groups is 1. The minimum atomic E-state index is -0.683. The van der Waals surface area contributed by atoms with Crippen molar-refractivity contribution in [2.24, 2.45) is 0 Å². The van der Waals surface area contributed by atoms with Gasteiger partial charge in [0, 0.05) is 31.6 Å². The monoisotopic (exact) mass is 385 g/mol. The number of amides is 1. The molecule has 148 valence electrons. The second-order valence-corrected chi connectivity index (χ2v) is 7.54. The van der Waals surface area contributed by atoms with Crippen molar-refractivity contribution in [2.75, 3.05) is 18.0 Å². The number of anilines is 1. The third-order valence-corrected chi connectivity index (χ3v) is 5.65. The highest BCUT2D eigenvalue weighted by Crippen LogP contribution is 2.38. The SMILES string of the molecule is Cc1nc(C2(NC(=O)c3ccc(N4CCCC4)c([N+](=O)[O-])c3)CCCC2)no1. The molecule has 9 nitrogen and oxygen atoms in total. The lowest BCUT2D eigenvalue weighted by atomic mass is 9.95. The summed E-state index contributed by atoms with van der Waals surface area (Å²) < 4.78 is 5.11. The Morgan fingerprint density at radius 2 is 1.96 bits per heavy atom. The van der Waals surface area contributed by atoms with Crippen LogP contribution < -0.4 is 10.2 Å². The largest absolute Gasteiger partial charge is 0.366 e. The second kappa shape index (κ2) is 7.21. The first-order valence-electron chi connectivity index (χ1n) is 9.65. The van der Waals surface area contributed by atoms with E-state index in [9.17, 15) is 14.9 Å². The molecule has 2 aromatic rings. The molecule has 0 atom stereocenters. The van der Waals surface area contributed by atoms with Gasteiger partial charge in [0.2, 0.25) is 5.89 Å². The molecule has 1 aromatic heterocycles. The molecule has 28 heavy (non-hydrogen) atoms. The zero-order valence-corrected chi connectivity index (χ0v) is 15.8. The zero-order valence-electron chi connectivity index (χ0n) is 15.8. The van der Waals surface area contributed by atoms with Gasteiger partial charge in [-0.2, -0.15) is 4.98 Å². The average Bonchev–Trinajstić information content (AvgIpc) is 3.43. The van der Waals surface area contributed by atoms with Crippen molar-refractivity contribution in [3.05, 3.63) is 45.6 Å². The van der Waals surface area contributed by atoms with Crippen molar-refractivity contribution in [2.45, 2.75) is 51.0 Å². The molecule has 0 spiro atoms. The molecule has 9 heteroatoms. The zero-order chi connectivity index (χ0) is 19.7. The summed E-state index contributed by atoms with van der Waals surface area (Å²) in [4.78, 5) is 30.5. The van der Waals surface area contributed by atoms with E-state index in [4.69, 9.17) is 4.52 Å². The van der Waals surface area contributed by atoms with Crippen LogP contribution in [0.25, 0.3) is 0 Å². The van der Waals surface area contributed by atoms with E-state index in [-0.39, 0.29) is 17.2 Å². The third-order valence-electron chi connectivity index (χ3n) is 5.65. The van der Waals surface area contributed by atoms with E-state index in [1.165, 1.54) is 6.07 Å². The number of benzene rings is 1. The molecule has 2 heterocycles. The molecule has 0 bridgehead atoms. The number of nitro benzene ring substituents is 1. The van der Waals surface area contributed by atoms with E-state index in [0.717, 1.165) is 38.8 Å². The number of hydrogen-bond donors (Lipinski definition) is 1. The van der Waals surface area contributed by atoms with Crippen LogP contribution in [0, 0.1) is 17.0 Å². The summed E-state index contributed by atoms with van der Waals surface area (Å²) in [5, 5.41) is 18.6. The normalized spacial score (nSPS) is 18.4. The molecule has 2 fully saturated rings. The van der Waals surface area contributed by atoms with Gasteiger partial charge in [-0.25, -0.2) is 0 Å². The highest BCUT2D eigenvalue weighted by molar-refractivity contribution is 5.96. The van der Waals surface area contributed by atoms with E-state index < -0.39 is 10.5 Å². The molecule has 2 aliphatic rings. The predicted molar refractivity (Wildman–Crippen MR) is 101 cm³/mol. The highest BCUT2D eigenvalue weighted by atomic mass is 16.6. The Kier molecular flexibility index (Phi) is 4.74. The number of aryl methyl sites for hydroxylation is 1. The van der Waals surface area contributed by atoms with E-state index >= 15 is 0 Å². The van der Waals surface area contributed by atoms with Crippen LogP contribution in [0.1, 0.15) is 60.6 Å². The van der Waals surface area contributed by atoms with Crippen LogP contribution in [0.15, 0.2) is 22.7 Å². The van der Waals surface area contributed by atoms with E-state index in [1.54, 1.807) is 19.1 Å². The van der Waals surface area contributed by atoms with Gasteiger partial charge in [-0.3, -0.25) is 14.9 Å². The second-order valence-electron chi connectivity index (χ2n) is 7.54. The summed E-state index contributed by atoms with van der Waals surface area (Å²) in [5.74, 6) is 0.556. The summed E-state index contributed by atoms with van der Waals surface area (Å²) in [6.45, 7) is 3.31. The maximum Gasteiger partial charge on any atom is 0.293 e. The first kappa shape index (κ1) is 18.4. The first-order chi connectivity index (χ1) is 13.5. The maximum absolute atomic E-state index is 13.0. The first-order valence-corrected chi connectivity index (χ1v) is 9.65. The van der Waals surface area contributed by atoms with Gasteiger partial charge in [-0.15, -0.1) is 0 Å². The fraction of sp³-hybridized carbons (Fsp3) is 0.526. The lowest BCUT2D eigenvalue weighted by molar-refractivity contribution is -0.384. The van der Waals surface area contributed by atoms with Gasteiger partial charge in [0.05, 0.1) is 4.92 Å². The smallest absolute Gasteiger partial charge is 0.293 e. The quantitative estimate of drug-likeness (QED) is 0.621. The standard InChI is InChI=1S/C19H23N5O4/c1-13-20-18(22-28-13)19(8-2-3-9-19)21-17(25)14-6-7-15(16(12-14)24(26)27)23-10-4-5-11-23/h6-7,12H,2-5,8-11H2,1H3,(H,21,25). The molecular weight excluding hydrogens is 362 g/mol. The number of nitrogens with zero attached hydrogens (tertiary/aromatic N) is 4. The minimum absolute atomic E-state index is 0.0366. The number of nitro groups is 1. The van der Waals surface area contributed by atoms with Crippen molar-refractivity contribution in [3.63, 3.8) is 0 Å². The van der Waals surface area contributed by atoms with Crippen LogP contribution in [0.2, 0.25) is 0 Å². The van der Waals surface area contributed by atoms with Gasteiger partial charge >= 0.3 is 0 Å². The van der Waals surface area contributed by atoms with Crippen molar-refractivity contribution in [1.29, 1.82) is 0 Å². The number of hydrogen-bond acceptors (Lipinski definition) is 7. The maximum atomic E-state index is 13.0. The fourth-order valence-corrected chi connectivity index (χ4v) is 4.20. The van der Waals surface area contributed by atoms with Gasteiger partial charge < -0.3 is 14.7 Å². The number of aromatic nitrogens is 2. The van der Waals surface area contributed by atoms with Crippen molar-refractivity contribution in [1.82, 2.24) is 15.5 Å². The molecule has 1 saturated heterocycles. The highest BCUT2D eigenvalue weighted by Gasteiger charge is 2.41. The average molecular weight is 385 g/mol. The van der Waals surface area contributed by atoms with Crippen LogP contribution in [-0.2, 0) is 5.54 Å². The number of rotatable bonds is 5. The van der Waals surface area contributed by atoms with Gasteiger partial charge in [-0.1, -0.05) is 18.0 Å². The molecular formula is C19H23N5O4. The Balaban J connectivity index is 1.62. The molecule has 1 aliphatic heterocycles. The topological polar surface area (TPSA) is 114 Å². The van der Waals surface area contributed by atoms with E-state index in [2.05, 4.69) is 15.5 Å². The summed E-state index contributed by atoms with van der Waals surface area (Å²) in [7, 11) is 0. The molecule has 0 unspecified atom stereocenters. The summed E-state index contributed by atoms with van der Waals surface area (Å²) >= 11 is 0. The lowest BCUT2D eigenvalue weighted by Crippen LogP contribution is -2.44. The van der Waals surface area contributed by atoms with Gasteiger partial charge in [0.1, 0.15) is 11.2 Å². The molecule has 1 amide bonds. The third kappa shape index (κ3) is 3.32. The van der Waals surface area contributed by atoms with Crippen LogP contribution >= 0.6 is 0 Å². The van der Waals surface area contributed by atoms with Gasteiger partial charge in [0.25, 0.3) is 11.6 Å². The number of carbonyl (C=O) groups excluding carboxylic acids is 1. The van der Waals surface area contributed by atoms with Crippen molar-refractivity contribution < 1.29 is 14.2 Å². The fourth-order valence-electron chi connectivity index (χ4n) is 4.20. The van der Waals surface area contributed by atoms with E-state index in [1.807, 2.05) is 4.90 Å². The molecule has 1 aromatic carbocycles. The molecule has 1 aliphatic carbocycles. The molecule has 0 radical (unpaired) electrons. The number of nitrogens with one attached hydrogen (secondary N) is 1. The van der Waals surface area contributed by atoms with Gasteiger partial charge in [-0.05, 0) is 37.8 Å². The minimum Gasteiger partial charge on any atom is -0.366 e. The Morgan fingerprint density at radius 3 is 2.57 bits per heavy atom. The Labute approximate surface area is 162 Å². The Morgan fingerprint density at radius 1 is 1.25 bits per heavy atom. The van der Waals surface area contributed by atoms with Crippen LogP contribution in [0.4, 0.5) is 11.4 Å². The van der Waals surface area contributed by atoms with E-state index in [0.29, 0.717) is 30.2 Å².